The van der Waals surface area contributed by atoms with Gasteiger partial charge in [0, 0.05) is 5.25 Å². The van der Waals surface area contributed by atoms with Crippen LogP contribution in [0.15, 0.2) is 24.3 Å². The van der Waals surface area contributed by atoms with Crippen LogP contribution < -0.4 is 0 Å². The average molecular weight is 252 g/mol. The Morgan fingerprint density at radius 3 is 2.53 bits per heavy atom. The van der Waals surface area contributed by atoms with E-state index < -0.39 is 0 Å². The van der Waals surface area contributed by atoms with E-state index in [0.29, 0.717) is 0 Å². The van der Waals surface area contributed by atoms with E-state index in [-0.39, 0.29) is 11.9 Å². The molecule has 96 valence electrons. The second kappa shape index (κ2) is 8.60. The lowest BCUT2D eigenvalue weighted by atomic mass is 10.0. The minimum atomic E-state index is 0.114. The second-order valence-corrected chi connectivity index (χ2v) is 5.20. The van der Waals surface area contributed by atoms with Gasteiger partial charge >= 0.3 is 0 Å². The molecule has 1 N–H and O–H groups in total. The summed E-state index contributed by atoms with van der Waals surface area (Å²) in [5, 5.41) is 9.54. The molecule has 0 bridgehead atoms. The number of hydrogen-bond acceptors (Lipinski definition) is 2. The molecular weight excluding hydrogens is 228 g/mol. The number of benzene rings is 1. The molecule has 1 rings (SSSR count). The third kappa shape index (κ3) is 5.13. The van der Waals surface area contributed by atoms with E-state index in [2.05, 4.69) is 25.6 Å². The lowest BCUT2D eigenvalue weighted by molar-refractivity contribution is 0.280. The molecule has 0 amide bonds. The lowest BCUT2D eigenvalue weighted by Crippen LogP contribution is -1.97. The van der Waals surface area contributed by atoms with Crippen LogP contribution in [-0.4, -0.2) is 5.11 Å². The van der Waals surface area contributed by atoms with Gasteiger partial charge < -0.3 is 5.11 Å². The topological polar surface area (TPSA) is 20.2 Å². The zero-order chi connectivity index (χ0) is 12.5. The summed E-state index contributed by atoms with van der Waals surface area (Å²) in [6.45, 7) is 2.35. The van der Waals surface area contributed by atoms with Crippen molar-refractivity contribution in [1.82, 2.24) is 0 Å². The molecule has 1 unspecified atom stereocenters. The van der Waals surface area contributed by atoms with Crippen LogP contribution in [0.25, 0.3) is 0 Å². The molecule has 2 heteroatoms. The maximum Gasteiger partial charge on any atom is 0.0684 e. The van der Waals surface area contributed by atoms with Gasteiger partial charge in [-0.15, -0.1) is 0 Å². The number of unbranched alkanes of at least 4 members (excludes halogenated alkanes) is 4. The van der Waals surface area contributed by atoms with Gasteiger partial charge in [-0.1, -0.05) is 63.3 Å². The molecule has 1 aromatic rings. The van der Waals surface area contributed by atoms with Gasteiger partial charge in [-0.25, -0.2) is 0 Å². The van der Waals surface area contributed by atoms with Crippen molar-refractivity contribution < 1.29 is 5.11 Å². The van der Waals surface area contributed by atoms with Gasteiger partial charge in [0.25, 0.3) is 0 Å². The molecule has 0 radical (unpaired) electrons. The van der Waals surface area contributed by atoms with Crippen LogP contribution in [0, 0.1) is 0 Å². The summed E-state index contributed by atoms with van der Waals surface area (Å²) < 4.78 is 0. The van der Waals surface area contributed by atoms with E-state index >= 15 is 0 Å². The Morgan fingerprint density at radius 2 is 1.82 bits per heavy atom. The molecule has 1 aromatic carbocycles. The third-order valence-electron chi connectivity index (χ3n) is 3.17. The summed E-state index contributed by atoms with van der Waals surface area (Å²) in [6.07, 6.45) is 7.59. The van der Waals surface area contributed by atoms with E-state index in [9.17, 15) is 5.11 Å². The quantitative estimate of drug-likeness (QED) is 0.515. The van der Waals surface area contributed by atoms with Crippen LogP contribution in [0.5, 0.6) is 0 Å². The van der Waals surface area contributed by atoms with Crippen molar-refractivity contribution in [3.63, 3.8) is 0 Å². The van der Waals surface area contributed by atoms with Crippen molar-refractivity contribution in [2.45, 2.75) is 57.3 Å². The number of thiol groups is 1. The molecule has 0 aliphatic carbocycles. The summed E-state index contributed by atoms with van der Waals surface area (Å²) in [5.41, 5.74) is 2.20. The molecule has 0 heterocycles. The highest BCUT2D eigenvalue weighted by Crippen LogP contribution is 2.29. The fourth-order valence-electron chi connectivity index (χ4n) is 2.10. The van der Waals surface area contributed by atoms with E-state index in [0.717, 1.165) is 12.0 Å². The Kier molecular flexibility index (Phi) is 7.38. The molecule has 0 spiro atoms. The monoisotopic (exact) mass is 252 g/mol. The van der Waals surface area contributed by atoms with Gasteiger partial charge in [0.15, 0.2) is 0 Å². The zero-order valence-electron chi connectivity index (χ0n) is 10.7. The Balaban J connectivity index is 2.38. The van der Waals surface area contributed by atoms with Crippen LogP contribution in [0.1, 0.15) is 61.8 Å². The van der Waals surface area contributed by atoms with Gasteiger partial charge in [0.05, 0.1) is 6.61 Å². The predicted molar refractivity (Wildman–Crippen MR) is 77.5 cm³/mol. The maximum absolute atomic E-state index is 9.27. The number of rotatable bonds is 8. The summed E-state index contributed by atoms with van der Waals surface area (Å²) in [6, 6.07) is 8.05. The van der Waals surface area contributed by atoms with Gasteiger partial charge in [0.1, 0.15) is 0 Å². The summed E-state index contributed by atoms with van der Waals surface area (Å²) in [5.74, 6) is 0. The first-order chi connectivity index (χ1) is 8.29. The molecule has 1 atom stereocenters. The van der Waals surface area contributed by atoms with Gasteiger partial charge in [0.2, 0.25) is 0 Å². The van der Waals surface area contributed by atoms with E-state index in [1.165, 1.54) is 37.7 Å². The standard InChI is InChI=1S/C15H24OS/c1-2-3-4-5-6-11-15(17)14-10-8-7-9-13(14)12-16/h7-10,15-17H,2-6,11-12H2,1H3. The van der Waals surface area contributed by atoms with Crippen molar-refractivity contribution in [3.8, 4) is 0 Å². The van der Waals surface area contributed by atoms with Crippen molar-refractivity contribution in [1.29, 1.82) is 0 Å². The summed E-state index contributed by atoms with van der Waals surface area (Å²) in [4.78, 5) is 0. The fraction of sp³-hybridized carbons (Fsp3) is 0.600. The van der Waals surface area contributed by atoms with Crippen molar-refractivity contribution in [2.24, 2.45) is 0 Å². The number of aliphatic hydroxyl groups is 1. The first-order valence-corrected chi connectivity index (χ1v) is 7.18. The molecule has 0 aliphatic heterocycles. The minimum absolute atomic E-state index is 0.114. The Morgan fingerprint density at radius 1 is 1.12 bits per heavy atom. The van der Waals surface area contributed by atoms with Crippen molar-refractivity contribution >= 4 is 12.6 Å². The van der Waals surface area contributed by atoms with Gasteiger partial charge in [-0.05, 0) is 17.5 Å². The van der Waals surface area contributed by atoms with E-state index in [4.69, 9.17) is 0 Å². The SMILES string of the molecule is CCCCCCCC(S)c1ccccc1CO. The van der Waals surface area contributed by atoms with Gasteiger partial charge in [-0.3, -0.25) is 0 Å². The maximum atomic E-state index is 9.27. The molecule has 17 heavy (non-hydrogen) atoms. The molecule has 0 saturated carbocycles. The molecule has 0 saturated heterocycles. The first-order valence-electron chi connectivity index (χ1n) is 6.66. The zero-order valence-corrected chi connectivity index (χ0v) is 11.6. The van der Waals surface area contributed by atoms with Crippen LogP contribution in [-0.2, 0) is 6.61 Å². The van der Waals surface area contributed by atoms with Crippen molar-refractivity contribution in [2.75, 3.05) is 0 Å². The minimum Gasteiger partial charge on any atom is -0.392 e. The Labute approximate surface area is 111 Å². The normalized spacial score (nSPS) is 12.6. The van der Waals surface area contributed by atoms with E-state index in [1.807, 2.05) is 18.2 Å². The number of aliphatic hydroxyl groups excluding tert-OH is 1. The Hall–Kier alpha value is -0.470. The highest BCUT2D eigenvalue weighted by atomic mass is 32.1. The largest absolute Gasteiger partial charge is 0.392 e. The molecular formula is C15H24OS. The van der Waals surface area contributed by atoms with Gasteiger partial charge in [-0.2, -0.15) is 12.6 Å². The van der Waals surface area contributed by atoms with Crippen LogP contribution >= 0.6 is 12.6 Å². The van der Waals surface area contributed by atoms with Crippen LogP contribution in [0.2, 0.25) is 0 Å². The van der Waals surface area contributed by atoms with Crippen LogP contribution in [0.4, 0.5) is 0 Å². The smallest absolute Gasteiger partial charge is 0.0684 e. The summed E-state index contributed by atoms with van der Waals surface area (Å²) in [7, 11) is 0. The third-order valence-corrected chi connectivity index (χ3v) is 3.70. The lowest BCUT2D eigenvalue weighted by Gasteiger charge is -2.14. The predicted octanol–water partition coefficient (Wildman–Crippen LogP) is 4.51. The van der Waals surface area contributed by atoms with Crippen molar-refractivity contribution in [3.05, 3.63) is 35.4 Å². The van der Waals surface area contributed by atoms with E-state index in [1.54, 1.807) is 0 Å². The van der Waals surface area contributed by atoms with Crippen LogP contribution in [0.3, 0.4) is 0 Å². The average Bonchev–Trinajstić information content (AvgIpc) is 2.38. The molecule has 0 aromatic heterocycles. The molecule has 0 fully saturated rings. The molecule has 1 nitrogen and oxygen atoms in total. The highest BCUT2D eigenvalue weighted by molar-refractivity contribution is 7.80. The second-order valence-electron chi connectivity index (χ2n) is 4.58. The highest BCUT2D eigenvalue weighted by Gasteiger charge is 2.09. The Bertz CT molecular complexity index is 312. The summed E-state index contributed by atoms with van der Waals surface area (Å²) >= 11 is 4.66. The fourth-order valence-corrected chi connectivity index (χ4v) is 2.53. The molecule has 0 aliphatic rings. The number of hydrogen-bond donors (Lipinski definition) is 2. The first kappa shape index (κ1) is 14.6.